The van der Waals surface area contributed by atoms with Crippen LogP contribution in [0.4, 0.5) is 0 Å². The Morgan fingerprint density at radius 3 is 2.00 bits per heavy atom. The van der Waals surface area contributed by atoms with Crippen LogP contribution in [0.2, 0.25) is 0 Å². The fraction of sp³-hybridized carbons (Fsp3) is 0.875. The third kappa shape index (κ3) is 17.7. The molecule has 0 saturated heterocycles. The summed E-state index contributed by atoms with van der Waals surface area (Å²) in [5.41, 5.74) is 0. The highest BCUT2D eigenvalue weighted by Crippen LogP contribution is 2.13. The molecule has 1 rings (SSSR count). The highest BCUT2D eigenvalue weighted by Gasteiger charge is 2.38. The first kappa shape index (κ1) is 31.2. The third-order valence-corrected chi connectivity index (χ3v) is 6.47. The number of aliphatic hydroxyl groups is 1. The first-order valence-corrected chi connectivity index (χ1v) is 13.8. The van der Waals surface area contributed by atoms with Crippen LogP contribution in [0.5, 0.6) is 0 Å². The zero-order chi connectivity index (χ0) is 24.1. The second-order valence-corrected chi connectivity index (χ2v) is 10.00. The summed E-state index contributed by atoms with van der Waals surface area (Å²) in [5, 5.41) is 9.25. The molecule has 8 heteroatoms. The molecule has 0 amide bonds. The molecule has 0 saturated carbocycles. The topological polar surface area (TPSA) is 101 Å². The molecule has 0 spiro atoms. The standard InChI is InChI=1S/C23H45N2O.CH4O4S/c1-3-4-5-6-7-8-9-10-11-12-13-14-15-16-17-18-23-24-19-20-25(23,2)21-22-26;1-5-6(2,3)4/h10-11,26H,3-9,12-22H2,1-2H3;1H3,(H,2,3,4)/q+1;/b11-10-;. The van der Waals surface area contributed by atoms with E-state index in [0.29, 0.717) is 0 Å². The maximum atomic E-state index is 9.25. The molecule has 190 valence electrons. The SMILES string of the molecule is CCCCCCCC/C=C\CCCCCCCC1=[NH+]CC[N+]1(C)CCO.COS(=O)(=O)[O-]. The lowest BCUT2D eigenvalue weighted by Crippen LogP contribution is -2.72. The summed E-state index contributed by atoms with van der Waals surface area (Å²) >= 11 is 0. The van der Waals surface area contributed by atoms with Crippen LogP contribution < -0.4 is 4.99 Å². The van der Waals surface area contributed by atoms with Crippen molar-refractivity contribution in [3.8, 4) is 0 Å². The second kappa shape index (κ2) is 19.6. The normalized spacial score (nSPS) is 18.6. The minimum Gasteiger partial charge on any atom is -0.726 e. The monoisotopic (exact) mass is 477 g/mol. The van der Waals surface area contributed by atoms with E-state index in [-0.39, 0.29) is 6.61 Å². The van der Waals surface area contributed by atoms with E-state index in [4.69, 9.17) is 0 Å². The van der Waals surface area contributed by atoms with Crippen molar-refractivity contribution in [3.05, 3.63) is 12.2 Å². The average molecular weight is 478 g/mol. The molecule has 1 aliphatic rings. The predicted molar refractivity (Wildman–Crippen MR) is 130 cm³/mol. The molecule has 1 heterocycles. The average Bonchev–Trinajstić information content (AvgIpc) is 3.11. The number of amidine groups is 1. The summed E-state index contributed by atoms with van der Waals surface area (Å²) < 4.78 is 32.0. The molecule has 32 heavy (non-hydrogen) atoms. The number of rotatable bonds is 18. The summed E-state index contributed by atoms with van der Waals surface area (Å²) in [4.78, 5) is 3.55. The molecule has 1 aliphatic heterocycles. The quantitative estimate of drug-likeness (QED) is 0.104. The van der Waals surface area contributed by atoms with Gasteiger partial charge in [0.05, 0.1) is 27.2 Å². The van der Waals surface area contributed by atoms with Crippen LogP contribution in [0.15, 0.2) is 12.2 Å². The van der Waals surface area contributed by atoms with Crippen molar-refractivity contribution in [1.82, 2.24) is 0 Å². The lowest BCUT2D eigenvalue weighted by molar-refractivity contribution is -0.818. The fourth-order valence-corrected chi connectivity index (χ4v) is 3.96. The number of hydrogen-bond acceptors (Lipinski definition) is 5. The molecule has 0 aliphatic carbocycles. The van der Waals surface area contributed by atoms with Gasteiger partial charge < -0.3 is 9.66 Å². The molecular weight excluding hydrogens is 428 g/mol. The van der Waals surface area contributed by atoms with Crippen LogP contribution in [0.1, 0.15) is 96.8 Å². The van der Waals surface area contributed by atoms with Crippen LogP contribution in [0.25, 0.3) is 0 Å². The molecule has 0 aromatic rings. The highest BCUT2D eigenvalue weighted by molar-refractivity contribution is 7.80. The number of nitrogens with zero attached hydrogens (tertiary/aromatic N) is 1. The predicted octanol–water partition coefficient (Wildman–Crippen LogP) is 3.05. The van der Waals surface area contributed by atoms with Crippen LogP contribution in [0, 0.1) is 0 Å². The van der Waals surface area contributed by atoms with Crippen LogP contribution >= 0.6 is 0 Å². The molecule has 7 nitrogen and oxygen atoms in total. The largest absolute Gasteiger partial charge is 0.726 e. The fourth-order valence-electron chi connectivity index (χ4n) is 3.96. The summed E-state index contributed by atoms with van der Waals surface area (Å²) in [6, 6.07) is 0. The maximum Gasteiger partial charge on any atom is 0.336 e. The lowest BCUT2D eigenvalue weighted by atomic mass is 10.1. The molecule has 0 radical (unpaired) electrons. The van der Waals surface area contributed by atoms with Crippen LogP contribution in [0.3, 0.4) is 0 Å². The second-order valence-electron chi connectivity index (χ2n) is 8.85. The lowest BCUT2D eigenvalue weighted by Gasteiger charge is -2.24. The minimum absolute atomic E-state index is 0.286. The van der Waals surface area contributed by atoms with Crippen molar-refractivity contribution in [2.75, 3.05) is 40.4 Å². The third-order valence-electron chi connectivity index (χ3n) is 6.06. The summed E-state index contributed by atoms with van der Waals surface area (Å²) in [5.74, 6) is 1.44. The van der Waals surface area contributed by atoms with Gasteiger partial charge in [-0.3, -0.25) is 4.18 Å². The van der Waals surface area contributed by atoms with Gasteiger partial charge in [0.15, 0.2) is 6.54 Å². The number of aliphatic hydroxyl groups excluding tert-OH is 1. The van der Waals surface area contributed by atoms with Gasteiger partial charge >= 0.3 is 5.84 Å². The van der Waals surface area contributed by atoms with Gasteiger partial charge in [0.1, 0.15) is 13.1 Å². The smallest absolute Gasteiger partial charge is 0.336 e. The Morgan fingerprint density at radius 1 is 1.00 bits per heavy atom. The molecule has 1 unspecified atom stereocenters. The Morgan fingerprint density at radius 2 is 1.50 bits per heavy atom. The van der Waals surface area contributed by atoms with Gasteiger partial charge in [0, 0.05) is 0 Å². The van der Waals surface area contributed by atoms with Crippen molar-refractivity contribution in [1.29, 1.82) is 0 Å². The van der Waals surface area contributed by atoms with E-state index < -0.39 is 10.4 Å². The van der Waals surface area contributed by atoms with Crippen LogP contribution in [-0.4, -0.2) is 68.8 Å². The Labute approximate surface area is 197 Å². The minimum atomic E-state index is -4.41. The first-order chi connectivity index (χ1) is 15.3. The first-order valence-electron chi connectivity index (χ1n) is 12.5. The van der Waals surface area contributed by atoms with Crippen molar-refractivity contribution in [2.24, 2.45) is 0 Å². The molecular formula is C24H49N2O5S+. The molecule has 0 fully saturated rings. The van der Waals surface area contributed by atoms with E-state index in [0.717, 1.165) is 31.2 Å². The molecule has 1 atom stereocenters. The Kier molecular flexibility index (Phi) is 19.2. The van der Waals surface area contributed by atoms with Gasteiger partial charge in [-0.1, -0.05) is 70.4 Å². The zero-order valence-electron chi connectivity index (χ0n) is 20.8. The number of nitrogens with one attached hydrogen (secondary N) is 1. The van der Waals surface area contributed by atoms with Gasteiger partial charge in [-0.25, -0.2) is 12.9 Å². The number of likely N-dealkylation sites (N-methyl/N-ethyl adjacent to an activating group) is 1. The van der Waals surface area contributed by atoms with E-state index >= 15 is 0 Å². The maximum absolute atomic E-state index is 9.25. The number of quaternary nitrogens is 1. The molecule has 0 aromatic carbocycles. The summed E-state index contributed by atoms with van der Waals surface area (Å²) in [7, 11) is -1.35. The number of hydrogen-bond donors (Lipinski definition) is 2. The van der Waals surface area contributed by atoms with Crippen molar-refractivity contribution in [3.63, 3.8) is 0 Å². The zero-order valence-corrected chi connectivity index (χ0v) is 21.6. The molecule has 0 bridgehead atoms. The van der Waals surface area contributed by atoms with Crippen LogP contribution in [-0.2, 0) is 14.6 Å². The number of unbranched alkanes of at least 4 members (excludes halogenated alkanes) is 11. The van der Waals surface area contributed by atoms with E-state index in [2.05, 4.69) is 35.3 Å². The van der Waals surface area contributed by atoms with Crippen molar-refractivity contribution < 1.29 is 31.7 Å². The van der Waals surface area contributed by atoms with Gasteiger partial charge in [0.25, 0.3) is 0 Å². The van der Waals surface area contributed by atoms with Crippen molar-refractivity contribution in [2.45, 2.75) is 96.8 Å². The van der Waals surface area contributed by atoms with E-state index in [1.54, 1.807) is 0 Å². The Balaban J connectivity index is 0.00000140. The summed E-state index contributed by atoms with van der Waals surface area (Å²) in [6.45, 7) is 5.61. The Hall–Kier alpha value is -0.800. The van der Waals surface area contributed by atoms with Gasteiger partial charge in [-0.05, 0) is 32.1 Å². The van der Waals surface area contributed by atoms with E-state index in [1.165, 1.54) is 95.7 Å². The molecule has 2 N–H and O–H groups in total. The Bertz CT molecular complexity index is 608. The van der Waals surface area contributed by atoms with Gasteiger partial charge in [-0.2, -0.15) is 4.99 Å². The van der Waals surface area contributed by atoms with E-state index in [9.17, 15) is 18.1 Å². The highest BCUT2D eigenvalue weighted by atomic mass is 32.3. The summed E-state index contributed by atoms with van der Waals surface area (Å²) in [6.07, 6.45) is 23.6. The molecule has 0 aromatic heterocycles. The number of allylic oxidation sites excluding steroid dienone is 2. The van der Waals surface area contributed by atoms with Crippen molar-refractivity contribution >= 4 is 16.2 Å². The van der Waals surface area contributed by atoms with Gasteiger partial charge in [-0.15, -0.1) is 0 Å². The van der Waals surface area contributed by atoms with Gasteiger partial charge in [0.2, 0.25) is 10.4 Å². The van der Waals surface area contributed by atoms with E-state index in [1.807, 2.05) is 0 Å².